The van der Waals surface area contributed by atoms with Crippen LogP contribution in [0.25, 0.3) is 0 Å². The molecule has 0 unspecified atom stereocenters. The number of aromatic nitrogens is 4. The second kappa shape index (κ2) is 7.34. The summed E-state index contributed by atoms with van der Waals surface area (Å²) in [5, 5.41) is 8.99. The molecule has 0 bridgehead atoms. The van der Waals surface area contributed by atoms with E-state index in [1.54, 1.807) is 11.0 Å². The smallest absolute Gasteiger partial charge is 0.305 e. The lowest BCUT2D eigenvalue weighted by Gasteiger charge is -2.17. The molecule has 0 spiro atoms. The zero-order chi connectivity index (χ0) is 16.9. The molecule has 0 radical (unpaired) electrons. The number of carbonyl (C=O) groups is 1. The number of hydrogen-bond donors (Lipinski definition) is 3. The molecule has 10 nitrogen and oxygen atoms in total. The molecule has 0 aromatic carbocycles. The number of nitrogens with one attached hydrogen (secondary N) is 1. The van der Waals surface area contributed by atoms with Crippen molar-refractivity contribution in [2.75, 3.05) is 40.6 Å². The average Bonchev–Trinajstić information content (AvgIpc) is 3.01. The summed E-state index contributed by atoms with van der Waals surface area (Å²) in [6.45, 7) is 1.85. The maximum absolute atomic E-state index is 12.0. The number of thioether (sulfide) groups is 1. The highest BCUT2D eigenvalue weighted by molar-refractivity contribution is 7.99. The number of amides is 1. The molecule has 128 valence electrons. The Labute approximate surface area is 142 Å². The van der Waals surface area contributed by atoms with Gasteiger partial charge < -0.3 is 11.5 Å². The largest absolute Gasteiger partial charge is 0.383 e. The van der Waals surface area contributed by atoms with Crippen LogP contribution in [-0.2, 0) is 4.79 Å². The summed E-state index contributed by atoms with van der Waals surface area (Å²) in [7, 11) is 0. The van der Waals surface area contributed by atoms with Crippen molar-refractivity contribution in [1.29, 1.82) is 0 Å². The number of rotatable bonds is 5. The summed E-state index contributed by atoms with van der Waals surface area (Å²) in [5.74, 6) is 0.671. The number of nitrogens with two attached hydrogens (primary N) is 2. The van der Waals surface area contributed by atoms with Gasteiger partial charge in [0.1, 0.15) is 11.6 Å². The van der Waals surface area contributed by atoms with Crippen LogP contribution < -0.4 is 26.6 Å². The summed E-state index contributed by atoms with van der Waals surface area (Å²) in [4.78, 5) is 21.6. The van der Waals surface area contributed by atoms with Crippen LogP contribution in [0.2, 0.25) is 0 Å². The van der Waals surface area contributed by atoms with Gasteiger partial charge in [-0.1, -0.05) is 11.8 Å². The fraction of sp³-hybridized carbons (Fsp3) is 0.462. The maximum atomic E-state index is 12.0. The van der Waals surface area contributed by atoms with Crippen molar-refractivity contribution in [3.8, 4) is 0 Å². The molecule has 1 aliphatic rings. The fourth-order valence-corrected chi connectivity index (χ4v) is 3.01. The Kier molecular flexibility index (Phi) is 4.99. The number of anilines is 3. The molecule has 3 rings (SSSR count). The van der Waals surface area contributed by atoms with Crippen LogP contribution in [0, 0.1) is 0 Å². The highest BCUT2D eigenvalue weighted by Crippen LogP contribution is 2.16. The molecule has 5 N–H and O–H groups in total. The van der Waals surface area contributed by atoms with Crippen LogP contribution in [0.1, 0.15) is 19.3 Å². The van der Waals surface area contributed by atoms with E-state index < -0.39 is 0 Å². The van der Waals surface area contributed by atoms with Crippen molar-refractivity contribution in [1.82, 2.24) is 15.2 Å². The first-order chi connectivity index (χ1) is 11.6. The van der Waals surface area contributed by atoms with E-state index in [0.717, 1.165) is 37.7 Å². The second-order valence-electron chi connectivity index (χ2n) is 5.34. The third kappa shape index (κ3) is 4.25. The van der Waals surface area contributed by atoms with E-state index in [1.807, 2.05) is 0 Å². The summed E-state index contributed by atoms with van der Waals surface area (Å²) in [5.41, 5.74) is 11.2. The van der Waals surface area contributed by atoms with E-state index in [0.29, 0.717) is 11.0 Å². The van der Waals surface area contributed by atoms with E-state index in [-0.39, 0.29) is 23.3 Å². The third-order valence-corrected chi connectivity index (χ3v) is 4.27. The number of piperidine rings is 1. The van der Waals surface area contributed by atoms with Crippen molar-refractivity contribution in [3.63, 3.8) is 0 Å². The summed E-state index contributed by atoms with van der Waals surface area (Å²) < 4.78 is 5.14. The van der Waals surface area contributed by atoms with Crippen LogP contribution in [-0.4, -0.2) is 40.0 Å². The lowest BCUT2D eigenvalue weighted by atomic mass is 10.2. The molecular weight excluding hydrogens is 332 g/mol. The van der Waals surface area contributed by atoms with E-state index >= 15 is 0 Å². The van der Waals surface area contributed by atoms with Crippen LogP contribution in [0.15, 0.2) is 21.9 Å². The van der Waals surface area contributed by atoms with Crippen LogP contribution in [0.3, 0.4) is 0 Å². The summed E-state index contributed by atoms with van der Waals surface area (Å²) in [6, 6.07) is 1.46. The SMILES string of the molecule is Nc1cc(N)nc(SCC(=O)Nc2c[n+](N3CCCCC3)no2)n1. The topological polar surface area (TPSA) is 140 Å². The first kappa shape index (κ1) is 16.3. The molecule has 11 heteroatoms. The van der Waals surface area contributed by atoms with E-state index in [1.165, 1.54) is 12.5 Å². The molecule has 2 aromatic heterocycles. The summed E-state index contributed by atoms with van der Waals surface area (Å²) >= 11 is 1.14. The van der Waals surface area contributed by atoms with E-state index in [9.17, 15) is 4.79 Å². The number of nitrogen functional groups attached to an aromatic ring is 2. The molecule has 1 amide bonds. The second-order valence-corrected chi connectivity index (χ2v) is 6.28. The van der Waals surface area contributed by atoms with Gasteiger partial charge in [-0.3, -0.25) is 14.6 Å². The van der Waals surface area contributed by atoms with Gasteiger partial charge in [-0.25, -0.2) is 9.97 Å². The van der Waals surface area contributed by atoms with Gasteiger partial charge in [-0.05, 0) is 19.3 Å². The Morgan fingerprint density at radius 2 is 2.00 bits per heavy atom. The number of nitrogens with zero attached hydrogens (tertiary/aromatic N) is 5. The minimum absolute atomic E-state index is 0.104. The minimum Gasteiger partial charge on any atom is -0.383 e. The van der Waals surface area contributed by atoms with Crippen LogP contribution in [0.5, 0.6) is 0 Å². The first-order valence-corrected chi connectivity index (χ1v) is 8.55. The quantitative estimate of drug-likeness (QED) is 0.378. The Balaban J connectivity index is 1.52. The van der Waals surface area contributed by atoms with Crippen molar-refractivity contribution in [2.45, 2.75) is 24.4 Å². The Bertz CT molecular complexity index is 695. The summed E-state index contributed by atoms with van der Waals surface area (Å²) in [6.07, 6.45) is 5.14. The molecule has 3 heterocycles. The predicted molar refractivity (Wildman–Crippen MR) is 88.7 cm³/mol. The minimum atomic E-state index is -0.258. The predicted octanol–water partition coefficient (Wildman–Crippen LogP) is -0.231. The van der Waals surface area contributed by atoms with Gasteiger partial charge in [0, 0.05) is 6.07 Å². The molecule has 0 aliphatic carbocycles. The molecule has 1 saturated heterocycles. The van der Waals surface area contributed by atoms with Gasteiger partial charge in [0.15, 0.2) is 5.16 Å². The molecule has 24 heavy (non-hydrogen) atoms. The zero-order valence-electron chi connectivity index (χ0n) is 13.0. The van der Waals surface area contributed by atoms with Gasteiger partial charge in [0.2, 0.25) is 11.2 Å². The Morgan fingerprint density at radius 3 is 2.71 bits per heavy atom. The normalized spacial score (nSPS) is 14.6. The number of hydrogen-bond acceptors (Lipinski definition) is 9. The molecule has 2 aromatic rings. The maximum Gasteiger partial charge on any atom is 0.305 e. The monoisotopic (exact) mass is 351 g/mol. The van der Waals surface area contributed by atoms with E-state index in [4.69, 9.17) is 16.0 Å². The molecular formula is C13H19N8O2S+. The Hall–Kier alpha value is -2.56. The van der Waals surface area contributed by atoms with Gasteiger partial charge in [0.25, 0.3) is 6.20 Å². The fourth-order valence-electron chi connectivity index (χ4n) is 2.34. The van der Waals surface area contributed by atoms with Crippen molar-refractivity contribution in [3.05, 3.63) is 12.3 Å². The van der Waals surface area contributed by atoms with Gasteiger partial charge in [-0.2, -0.15) is 5.01 Å². The van der Waals surface area contributed by atoms with Gasteiger partial charge in [-0.15, -0.1) is 0 Å². The van der Waals surface area contributed by atoms with Crippen LogP contribution in [0.4, 0.5) is 17.5 Å². The zero-order valence-corrected chi connectivity index (χ0v) is 13.8. The Morgan fingerprint density at radius 1 is 1.29 bits per heavy atom. The van der Waals surface area contributed by atoms with Gasteiger partial charge in [0.05, 0.1) is 23.6 Å². The molecule has 0 saturated carbocycles. The first-order valence-electron chi connectivity index (χ1n) is 7.57. The average molecular weight is 351 g/mol. The lowest BCUT2D eigenvalue weighted by Crippen LogP contribution is -2.60. The van der Waals surface area contributed by atoms with Gasteiger partial charge >= 0.3 is 5.88 Å². The highest BCUT2D eigenvalue weighted by Gasteiger charge is 2.23. The highest BCUT2D eigenvalue weighted by atomic mass is 32.2. The van der Waals surface area contributed by atoms with E-state index in [2.05, 4.69) is 25.6 Å². The van der Waals surface area contributed by atoms with Crippen LogP contribution >= 0.6 is 11.8 Å². The molecule has 1 aliphatic heterocycles. The van der Waals surface area contributed by atoms with Crippen molar-refractivity contribution in [2.24, 2.45) is 0 Å². The molecule has 0 atom stereocenters. The lowest BCUT2D eigenvalue weighted by molar-refractivity contribution is -0.759. The van der Waals surface area contributed by atoms with Crippen molar-refractivity contribution < 1.29 is 14.1 Å². The molecule has 1 fully saturated rings. The van der Waals surface area contributed by atoms with Crippen molar-refractivity contribution >= 4 is 35.2 Å². The number of carbonyl (C=O) groups excluding carboxylic acids is 1. The third-order valence-electron chi connectivity index (χ3n) is 3.42. The standard InChI is InChI=1S/C13H18N8O2S/c14-9-6-10(15)17-13(16-9)24-8-11(22)18-12-7-21(19-23-12)20-4-2-1-3-5-20/h6-7H,1-5,8H2,(H4-,14,15,16,17,18,19,22)/p+1.